The summed E-state index contributed by atoms with van der Waals surface area (Å²) in [5.74, 6) is 1.05. The van der Waals surface area contributed by atoms with E-state index in [4.69, 9.17) is 4.74 Å². The molecule has 0 fully saturated rings. The van der Waals surface area contributed by atoms with Crippen molar-refractivity contribution in [1.82, 2.24) is 5.32 Å². The smallest absolute Gasteiger partial charge is 0.122 e. The molecule has 1 aromatic carbocycles. The molecule has 100 valence electrons. The summed E-state index contributed by atoms with van der Waals surface area (Å²) in [6.07, 6.45) is 2.05. The average molecular weight is 338 g/mol. The lowest BCUT2D eigenvalue weighted by molar-refractivity contribution is 0.356. The van der Waals surface area contributed by atoms with Crippen LogP contribution < -0.4 is 10.1 Å². The molecule has 3 rings (SSSR count). The second-order valence-electron chi connectivity index (χ2n) is 4.74. The third-order valence-electron chi connectivity index (χ3n) is 3.49. The summed E-state index contributed by atoms with van der Waals surface area (Å²) in [6, 6.07) is 9.12. The molecule has 1 aliphatic heterocycles. The maximum Gasteiger partial charge on any atom is 0.122 e. The zero-order valence-electron chi connectivity index (χ0n) is 10.8. The van der Waals surface area contributed by atoms with E-state index in [1.165, 1.54) is 20.5 Å². The van der Waals surface area contributed by atoms with E-state index in [-0.39, 0.29) is 0 Å². The van der Waals surface area contributed by atoms with Crippen LogP contribution in [-0.4, -0.2) is 13.7 Å². The monoisotopic (exact) mass is 337 g/mol. The Morgan fingerprint density at radius 3 is 3.05 bits per heavy atom. The molecule has 4 heteroatoms. The second-order valence-corrected chi connectivity index (χ2v) is 6.65. The van der Waals surface area contributed by atoms with E-state index < -0.39 is 0 Å². The molecular weight excluding hydrogens is 322 g/mol. The van der Waals surface area contributed by atoms with Crippen LogP contribution in [0, 0.1) is 0 Å². The molecule has 0 saturated heterocycles. The first-order chi connectivity index (χ1) is 9.26. The lowest BCUT2D eigenvalue weighted by atomic mass is 10.00. The minimum Gasteiger partial charge on any atom is -0.493 e. The van der Waals surface area contributed by atoms with Gasteiger partial charge in [0, 0.05) is 33.6 Å². The van der Waals surface area contributed by atoms with Crippen LogP contribution in [0.3, 0.4) is 0 Å². The first kappa shape index (κ1) is 13.2. The highest BCUT2D eigenvalue weighted by atomic mass is 79.9. The highest BCUT2D eigenvalue weighted by Gasteiger charge is 2.16. The fraction of sp³-hybridized carbons (Fsp3) is 0.333. The van der Waals surface area contributed by atoms with Gasteiger partial charge in [-0.2, -0.15) is 0 Å². The summed E-state index contributed by atoms with van der Waals surface area (Å²) in [5.41, 5.74) is 2.68. The molecule has 0 spiro atoms. The SMILES string of the molecule is CNC(Cc1cc(Br)cs1)c1ccc2c(c1)CCO2. The van der Waals surface area contributed by atoms with Crippen molar-refractivity contribution in [3.05, 3.63) is 50.1 Å². The molecule has 0 amide bonds. The molecule has 1 unspecified atom stereocenters. The molecule has 1 aromatic heterocycles. The van der Waals surface area contributed by atoms with Crippen LogP contribution in [0.2, 0.25) is 0 Å². The Morgan fingerprint density at radius 1 is 1.42 bits per heavy atom. The zero-order valence-corrected chi connectivity index (χ0v) is 13.2. The third-order valence-corrected chi connectivity index (χ3v) is 5.21. The Labute approximate surface area is 125 Å². The van der Waals surface area contributed by atoms with Gasteiger partial charge in [0.25, 0.3) is 0 Å². The molecular formula is C15H16BrNOS. The van der Waals surface area contributed by atoms with Crippen LogP contribution in [-0.2, 0) is 12.8 Å². The van der Waals surface area contributed by atoms with Gasteiger partial charge in [0.05, 0.1) is 6.61 Å². The van der Waals surface area contributed by atoms with E-state index in [0.29, 0.717) is 6.04 Å². The van der Waals surface area contributed by atoms with Gasteiger partial charge in [-0.05, 0) is 46.2 Å². The van der Waals surface area contributed by atoms with Crippen LogP contribution >= 0.6 is 27.3 Å². The Morgan fingerprint density at radius 2 is 2.32 bits per heavy atom. The summed E-state index contributed by atoms with van der Waals surface area (Å²) in [5, 5.41) is 5.56. The summed E-state index contributed by atoms with van der Waals surface area (Å²) in [7, 11) is 2.02. The number of nitrogens with one attached hydrogen (secondary N) is 1. The molecule has 19 heavy (non-hydrogen) atoms. The summed E-state index contributed by atoms with van der Waals surface area (Å²) >= 11 is 5.32. The minimum absolute atomic E-state index is 0.358. The van der Waals surface area contributed by atoms with Crippen molar-refractivity contribution < 1.29 is 4.74 Å². The van der Waals surface area contributed by atoms with Gasteiger partial charge < -0.3 is 10.1 Å². The Hall–Kier alpha value is -0.840. The number of hydrogen-bond donors (Lipinski definition) is 1. The van der Waals surface area contributed by atoms with Gasteiger partial charge in [-0.15, -0.1) is 11.3 Å². The van der Waals surface area contributed by atoms with E-state index in [1.54, 1.807) is 11.3 Å². The number of hydrogen-bond acceptors (Lipinski definition) is 3. The van der Waals surface area contributed by atoms with Gasteiger partial charge in [-0.25, -0.2) is 0 Å². The largest absolute Gasteiger partial charge is 0.493 e. The van der Waals surface area contributed by atoms with Crippen molar-refractivity contribution in [3.63, 3.8) is 0 Å². The van der Waals surface area contributed by atoms with Gasteiger partial charge in [-0.1, -0.05) is 12.1 Å². The molecule has 1 N–H and O–H groups in total. The highest BCUT2D eigenvalue weighted by Crippen LogP contribution is 2.30. The number of rotatable bonds is 4. The fourth-order valence-electron chi connectivity index (χ4n) is 2.47. The predicted molar refractivity (Wildman–Crippen MR) is 83.2 cm³/mol. The summed E-state index contributed by atoms with van der Waals surface area (Å²) in [4.78, 5) is 1.39. The maximum atomic E-state index is 5.56. The van der Waals surface area contributed by atoms with E-state index in [0.717, 1.165) is 25.2 Å². The minimum atomic E-state index is 0.358. The molecule has 1 aliphatic rings. The molecule has 1 atom stereocenters. The van der Waals surface area contributed by atoms with Crippen molar-refractivity contribution in [2.24, 2.45) is 0 Å². The molecule has 2 heterocycles. The number of fused-ring (bicyclic) bond motifs is 1. The summed E-state index contributed by atoms with van der Waals surface area (Å²) in [6.45, 7) is 0.820. The van der Waals surface area contributed by atoms with Crippen molar-refractivity contribution in [2.75, 3.05) is 13.7 Å². The van der Waals surface area contributed by atoms with Gasteiger partial charge in [0.15, 0.2) is 0 Å². The van der Waals surface area contributed by atoms with Gasteiger partial charge in [0.1, 0.15) is 5.75 Å². The molecule has 0 radical (unpaired) electrons. The first-order valence-electron chi connectivity index (χ1n) is 6.42. The van der Waals surface area contributed by atoms with E-state index in [9.17, 15) is 0 Å². The molecule has 0 bridgehead atoms. The number of likely N-dealkylation sites (N-methyl/N-ethyl adjacent to an activating group) is 1. The fourth-order valence-corrected chi connectivity index (χ4v) is 3.97. The van der Waals surface area contributed by atoms with Gasteiger partial charge in [-0.3, -0.25) is 0 Å². The quantitative estimate of drug-likeness (QED) is 0.911. The number of thiophene rings is 1. The standard InChI is InChI=1S/C15H16BrNOS/c1-17-14(8-13-7-12(16)9-19-13)10-2-3-15-11(6-10)4-5-18-15/h2-3,6-7,9,14,17H,4-5,8H2,1H3. The number of ether oxygens (including phenoxy) is 1. The van der Waals surface area contributed by atoms with Crippen molar-refractivity contribution >= 4 is 27.3 Å². The lowest BCUT2D eigenvalue weighted by Gasteiger charge is -2.16. The van der Waals surface area contributed by atoms with Gasteiger partial charge >= 0.3 is 0 Å². The summed E-state index contributed by atoms with van der Waals surface area (Å²) < 4.78 is 6.73. The van der Waals surface area contributed by atoms with Crippen molar-refractivity contribution in [3.8, 4) is 5.75 Å². The van der Waals surface area contributed by atoms with Crippen molar-refractivity contribution in [1.29, 1.82) is 0 Å². The Balaban J connectivity index is 1.82. The van der Waals surface area contributed by atoms with Crippen LogP contribution in [0.1, 0.15) is 22.0 Å². The van der Waals surface area contributed by atoms with Gasteiger partial charge in [0.2, 0.25) is 0 Å². The van der Waals surface area contributed by atoms with E-state index in [1.807, 2.05) is 7.05 Å². The lowest BCUT2D eigenvalue weighted by Crippen LogP contribution is -2.18. The molecule has 0 saturated carbocycles. The Kier molecular flexibility index (Phi) is 3.91. The van der Waals surface area contributed by atoms with Crippen LogP contribution in [0.25, 0.3) is 0 Å². The first-order valence-corrected chi connectivity index (χ1v) is 8.09. The van der Waals surface area contributed by atoms with Crippen LogP contribution in [0.5, 0.6) is 5.75 Å². The van der Waals surface area contributed by atoms with E-state index >= 15 is 0 Å². The van der Waals surface area contributed by atoms with Crippen LogP contribution in [0.15, 0.2) is 34.1 Å². The van der Waals surface area contributed by atoms with Crippen molar-refractivity contribution in [2.45, 2.75) is 18.9 Å². The molecule has 2 nitrogen and oxygen atoms in total. The number of benzene rings is 1. The van der Waals surface area contributed by atoms with E-state index in [2.05, 4.69) is 50.9 Å². The topological polar surface area (TPSA) is 21.3 Å². The van der Waals surface area contributed by atoms with Crippen LogP contribution in [0.4, 0.5) is 0 Å². The predicted octanol–water partition coefficient (Wildman–Crippen LogP) is 3.95. The second kappa shape index (κ2) is 5.65. The maximum absolute atomic E-state index is 5.56. The molecule has 0 aliphatic carbocycles. The Bertz CT molecular complexity index is 581. The molecule has 2 aromatic rings. The zero-order chi connectivity index (χ0) is 13.2. The third kappa shape index (κ3) is 2.86. The average Bonchev–Trinajstić information content (AvgIpc) is 3.03. The highest BCUT2D eigenvalue weighted by molar-refractivity contribution is 9.10. The normalized spacial score (nSPS) is 15.1. The number of halogens is 1.